The lowest BCUT2D eigenvalue weighted by Crippen LogP contribution is -2.48. The number of fused-ring (bicyclic) bond motifs is 1. The van der Waals surface area contributed by atoms with Gasteiger partial charge >= 0.3 is 0 Å². The molecule has 2 N–H and O–H groups in total. The number of nitrogens with zero attached hydrogens (tertiary/aromatic N) is 3. The fourth-order valence-electron chi connectivity index (χ4n) is 6.66. The molecule has 3 saturated heterocycles. The van der Waals surface area contributed by atoms with Crippen LogP contribution in [0.1, 0.15) is 83.1 Å². The van der Waals surface area contributed by atoms with Crippen LogP contribution in [0, 0.1) is 16.7 Å². The second-order valence-electron chi connectivity index (χ2n) is 13.4. The average molecular weight is 541 g/mol. The second-order valence-corrected chi connectivity index (χ2v) is 13.4. The Morgan fingerprint density at radius 2 is 1.74 bits per heavy atom. The van der Waals surface area contributed by atoms with Gasteiger partial charge in [0.1, 0.15) is 12.6 Å². The minimum absolute atomic E-state index is 0.0398. The molecule has 3 aliphatic heterocycles. The van der Waals surface area contributed by atoms with Gasteiger partial charge in [-0.2, -0.15) is 0 Å². The lowest BCUT2D eigenvalue weighted by Gasteiger charge is -2.39. The number of carbonyl (C=O) groups excluding carboxylic acids is 3. The van der Waals surface area contributed by atoms with E-state index < -0.39 is 23.3 Å². The van der Waals surface area contributed by atoms with Crippen molar-refractivity contribution in [2.75, 3.05) is 50.8 Å². The Labute approximate surface area is 234 Å². The molecule has 0 aliphatic carbocycles. The molecule has 1 aromatic carbocycles. The van der Waals surface area contributed by atoms with Crippen LogP contribution in [0.15, 0.2) is 18.2 Å². The molecule has 3 heterocycles. The maximum Gasteiger partial charge on any atom is 0.249 e. The highest BCUT2D eigenvalue weighted by Gasteiger charge is 2.56. The first-order valence-electron chi connectivity index (χ1n) is 14.7. The van der Waals surface area contributed by atoms with Crippen molar-refractivity contribution in [3.05, 3.63) is 29.3 Å². The van der Waals surface area contributed by atoms with Crippen LogP contribution in [0.5, 0.6) is 0 Å². The number of primary amides is 1. The van der Waals surface area contributed by atoms with E-state index in [1.54, 1.807) is 11.0 Å². The number of Topliss-reactive ketones (excluding diaryl/α,β-unsaturated/α-hetero) is 1. The van der Waals surface area contributed by atoms with Crippen molar-refractivity contribution in [1.82, 2.24) is 9.80 Å². The lowest BCUT2D eigenvalue weighted by molar-refractivity contribution is -0.140. The first kappa shape index (κ1) is 29.5. The zero-order valence-electron chi connectivity index (χ0n) is 25.0. The summed E-state index contributed by atoms with van der Waals surface area (Å²) in [6, 6.07) is 5.17. The number of rotatable bonds is 8. The predicted molar refractivity (Wildman–Crippen MR) is 154 cm³/mol. The number of hydrogen-bond donors (Lipinski definition) is 1. The van der Waals surface area contributed by atoms with E-state index in [2.05, 4.69) is 58.3 Å². The minimum Gasteiger partial charge on any atom is -0.369 e. The number of amides is 2. The van der Waals surface area contributed by atoms with Gasteiger partial charge in [-0.3, -0.25) is 19.3 Å². The molecule has 0 radical (unpaired) electrons. The van der Waals surface area contributed by atoms with Crippen LogP contribution in [-0.2, 0) is 14.3 Å². The van der Waals surface area contributed by atoms with E-state index in [-0.39, 0.29) is 35.7 Å². The first-order chi connectivity index (χ1) is 18.3. The third-order valence-electron chi connectivity index (χ3n) is 9.41. The highest BCUT2D eigenvalue weighted by Crippen LogP contribution is 2.47. The Bertz CT molecular complexity index is 1090. The van der Waals surface area contributed by atoms with Gasteiger partial charge in [-0.05, 0) is 54.0 Å². The number of hydrogen-bond acceptors (Lipinski definition) is 6. The van der Waals surface area contributed by atoms with E-state index in [4.69, 9.17) is 10.5 Å². The molecule has 4 atom stereocenters. The third kappa shape index (κ3) is 5.73. The minimum atomic E-state index is -0.626. The van der Waals surface area contributed by atoms with E-state index in [1.807, 2.05) is 12.1 Å². The van der Waals surface area contributed by atoms with Gasteiger partial charge in [0.2, 0.25) is 11.8 Å². The summed E-state index contributed by atoms with van der Waals surface area (Å²) in [5.74, 6) is -1.28. The van der Waals surface area contributed by atoms with Crippen molar-refractivity contribution >= 4 is 23.3 Å². The molecule has 1 aromatic rings. The number of benzene rings is 1. The summed E-state index contributed by atoms with van der Waals surface area (Å²) in [7, 11) is 0. The summed E-state index contributed by atoms with van der Waals surface area (Å²) in [4.78, 5) is 46.9. The number of likely N-dealkylation sites (tertiary alicyclic amines) is 1. The number of ketones is 1. The highest BCUT2D eigenvalue weighted by atomic mass is 16.5. The van der Waals surface area contributed by atoms with Crippen LogP contribution < -0.4 is 10.6 Å². The van der Waals surface area contributed by atoms with Crippen LogP contribution in [0.3, 0.4) is 0 Å². The largest absolute Gasteiger partial charge is 0.369 e. The molecule has 0 aromatic heterocycles. The van der Waals surface area contributed by atoms with Crippen LogP contribution in [0.4, 0.5) is 5.69 Å². The molecule has 0 spiro atoms. The van der Waals surface area contributed by atoms with Crippen LogP contribution in [-0.4, -0.2) is 85.4 Å². The zero-order chi connectivity index (χ0) is 28.7. The molecular formula is C31H48N4O4. The van der Waals surface area contributed by atoms with E-state index in [0.29, 0.717) is 17.7 Å². The average Bonchev–Trinajstić information content (AvgIpc) is 3.45. The highest BCUT2D eigenvalue weighted by molar-refractivity contribution is 5.99. The fourth-order valence-corrected chi connectivity index (χ4v) is 6.66. The van der Waals surface area contributed by atoms with E-state index in [1.165, 1.54) is 0 Å². The van der Waals surface area contributed by atoms with Crippen LogP contribution in [0.25, 0.3) is 0 Å². The van der Waals surface area contributed by atoms with Crippen molar-refractivity contribution in [2.24, 2.45) is 22.5 Å². The van der Waals surface area contributed by atoms with Crippen LogP contribution >= 0.6 is 0 Å². The second kappa shape index (κ2) is 11.2. The number of anilines is 1. The maximum atomic E-state index is 14.6. The molecule has 8 heteroatoms. The number of carbonyl (C=O) groups is 3. The summed E-state index contributed by atoms with van der Waals surface area (Å²) in [5, 5.41) is 0. The van der Waals surface area contributed by atoms with Gasteiger partial charge < -0.3 is 20.3 Å². The molecule has 0 bridgehead atoms. The van der Waals surface area contributed by atoms with Crippen molar-refractivity contribution in [1.29, 1.82) is 0 Å². The number of nitrogens with two attached hydrogens (primary N) is 1. The van der Waals surface area contributed by atoms with Gasteiger partial charge in [-0.1, -0.05) is 48.5 Å². The van der Waals surface area contributed by atoms with Crippen molar-refractivity contribution in [3.8, 4) is 0 Å². The summed E-state index contributed by atoms with van der Waals surface area (Å²) >= 11 is 0. The first-order valence-corrected chi connectivity index (χ1v) is 14.7. The van der Waals surface area contributed by atoms with Crippen molar-refractivity contribution < 1.29 is 19.1 Å². The molecular weight excluding hydrogens is 492 g/mol. The quantitative estimate of drug-likeness (QED) is 0.541. The van der Waals surface area contributed by atoms with Gasteiger partial charge in [0.25, 0.3) is 0 Å². The Hall–Kier alpha value is -2.45. The van der Waals surface area contributed by atoms with E-state index in [9.17, 15) is 14.4 Å². The molecule has 8 nitrogen and oxygen atoms in total. The molecule has 216 valence electrons. The molecule has 4 rings (SSSR count). The lowest BCUT2D eigenvalue weighted by atomic mass is 9.71. The predicted octanol–water partition coefficient (Wildman–Crippen LogP) is 3.68. The molecule has 39 heavy (non-hydrogen) atoms. The Morgan fingerprint density at radius 1 is 1.08 bits per heavy atom. The van der Waals surface area contributed by atoms with Gasteiger partial charge in [0, 0.05) is 49.9 Å². The normalized spacial score (nSPS) is 25.2. The van der Waals surface area contributed by atoms with Gasteiger partial charge in [0.05, 0.1) is 12.0 Å². The summed E-state index contributed by atoms with van der Waals surface area (Å²) in [6.45, 7) is 20.2. The smallest absolute Gasteiger partial charge is 0.249 e. The molecule has 0 unspecified atom stereocenters. The van der Waals surface area contributed by atoms with Gasteiger partial charge in [0.15, 0.2) is 5.78 Å². The Morgan fingerprint density at radius 3 is 2.31 bits per heavy atom. The molecule has 2 amide bonds. The fraction of sp³-hybridized carbons (Fsp3) is 0.710. The van der Waals surface area contributed by atoms with Crippen molar-refractivity contribution in [2.45, 2.75) is 79.4 Å². The van der Waals surface area contributed by atoms with Crippen molar-refractivity contribution in [3.63, 3.8) is 0 Å². The summed E-state index contributed by atoms with van der Waals surface area (Å²) in [5.41, 5.74) is 7.34. The summed E-state index contributed by atoms with van der Waals surface area (Å²) in [6.07, 6.45) is 1.56. The molecule has 3 aliphatic rings. The van der Waals surface area contributed by atoms with Gasteiger partial charge in [-0.25, -0.2) is 0 Å². The van der Waals surface area contributed by atoms with Crippen LogP contribution in [0.2, 0.25) is 0 Å². The standard InChI is InChI=1S/C31H48N4O4/c1-8-12-33-13-15-34(16-14-33)20-10-11-21(28(32)37)22(17-20)25(31(6,7)9-2)29(38)35-18-23(30(3,4)5)27-26(35)24(36)19-39-27/h10-11,17,23,25-27H,8-9,12-16,18-19H2,1-7H3,(H2,32,37)/t23-,25-,26+,27+/m0/s1. The third-order valence-corrected chi connectivity index (χ3v) is 9.41. The number of piperazine rings is 1. The number of ether oxygens (including phenoxy) is 1. The van der Waals surface area contributed by atoms with Gasteiger partial charge in [-0.15, -0.1) is 0 Å². The SMILES string of the molecule is CCCN1CCN(c2ccc(C(N)=O)c([C@@H](C(=O)N3C[C@H](C(C)(C)C)[C@H]4OCC(=O)[C@H]43)C(C)(C)CC)c2)CC1. The monoisotopic (exact) mass is 540 g/mol. The zero-order valence-corrected chi connectivity index (χ0v) is 25.0. The molecule has 0 saturated carbocycles. The molecule has 3 fully saturated rings. The van der Waals surface area contributed by atoms with E-state index >= 15 is 0 Å². The Kier molecular flexibility index (Phi) is 8.48. The Balaban J connectivity index is 1.75. The van der Waals surface area contributed by atoms with E-state index in [0.717, 1.165) is 51.3 Å². The maximum absolute atomic E-state index is 14.6. The summed E-state index contributed by atoms with van der Waals surface area (Å²) < 4.78 is 5.96. The topological polar surface area (TPSA) is 96.2 Å².